The van der Waals surface area contributed by atoms with Crippen molar-refractivity contribution in [2.45, 2.75) is 0 Å². The van der Waals surface area contributed by atoms with E-state index in [4.69, 9.17) is 9.97 Å². The molecular weight excluding hydrogens is 651 g/mol. The predicted octanol–water partition coefficient (Wildman–Crippen LogP) is 13.2. The average molecular weight is 680 g/mol. The molecule has 3 heterocycles. The minimum atomic E-state index is 0.718. The summed E-state index contributed by atoms with van der Waals surface area (Å²) in [6.07, 6.45) is 0. The van der Waals surface area contributed by atoms with Gasteiger partial charge in [-0.3, -0.25) is 0 Å². The average Bonchev–Trinajstić information content (AvgIpc) is 3.76. The Bertz CT molecular complexity index is 3100. The molecule has 3 aromatic heterocycles. The zero-order valence-corrected chi connectivity index (χ0v) is 28.8. The Labute approximate surface area is 303 Å². The number of rotatable bonds is 4. The molecule has 0 aliphatic carbocycles. The maximum atomic E-state index is 5.10. The van der Waals surface area contributed by atoms with Crippen LogP contribution in [-0.2, 0) is 0 Å². The first kappa shape index (κ1) is 29.1. The normalized spacial score (nSPS) is 11.8. The van der Waals surface area contributed by atoms with Crippen molar-refractivity contribution < 1.29 is 0 Å². The highest BCUT2D eigenvalue weighted by molar-refractivity contribution is 7.27. The fourth-order valence-electron chi connectivity index (χ4n) is 7.86. The summed E-state index contributed by atoms with van der Waals surface area (Å²) < 4.78 is 5.13. The molecule has 0 bridgehead atoms. The molecule has 0 aliphatic rings. The number of benzene rings is 8. The van der Waals surface area contributed by atoms with Gasteiger partial charge in [0.1, 0.15) is 0 Å². The Morgan fingerprint density at radius 1 is 0.385 bits per heavy atom. The van der Waals surface area contributed by atoms with E-state index in [0.717, 1.165) is 39.6 Å². The minimum absolute atomic E-state index is 0.718. The molecule has 0 saturated heterocycles. The van der Waals surface area contributed by atoms with Crippen LogP contribution in [0.4, 0.5) is 0 Å². The first-order valence-electron chi connectivity index (χ1n) is 17.6. The summed E-state index contributed by atoms with van der Waals surface area (Å²) in [7, 11) is 0. The van der Waals surface area contributed by atoms with Crippen LogP contribution in [0.3, 0.4) is 0 Å². The number of fused-ring (bicyclic) bond motifs is 10. The Kier molecular flexibility index (Phi) is 6.42. The molecule has 0 N–H and O–H groups in total. The predicted molar refractivity (Wildman–Crippen MR) is 221 cm³/mol. The second-order valence-electron chi connectivity index (χ2n) is 13.4. The van der Waals surface area contributed by atoms with Crippen molar-refractivity contribution in [1.82, 2.24) is 14.5 Å². The van der Waals surface area contributed by atoms with Crippen LogP contribution in [-0.4, -0.2) is 14.5 Å². The van der Waals surface area contributed by atoms with E-state index in [1.165, 1.54) is 63.5 Å². The molecule has 0 fully saturated rings. The van der Waals surface area contributed by atoms with Crippen LogP contribution in [0, 0.1) is 0 Å². The van der Waals surface area contributed by atoms with Gasteiger partial charge in [0.2, 0.25) is 0 Å². The summed E-state index contributed by atoms with van der Waals surface area (Å²) in [5.74, 6) is 0.718. The summed E-state index contributed by atoms with van der Waals surface area (Å²) in [4.78, 5) is 10.1. The van der Waals surface area contributed by atoms with Crippen molar-refractivity contribution in [3.8, 4) is 39.6 Å². The van der Waals surface area contributed by atoms with E-state index >= 15 is 0 Å². The van der Waals surface area contributed by atoms with Crippen LogP contribution in [0.5, 0.6) is 0 Å². The lowest BCUT2D eigenvalue weighted by molar-refractivity contribution is 1.17. The van der Waals surface area contributed by atoms with Gasteiger partial charge in [0.05, 0.1) is 27.1 Å². The highest BCUT2D eigenvalue weighted by atomic mass is 32.1. The van der Waals surface area contributed by atoms with E-state index in [1.54, 1.807) is 0 Å². The molecule has 0 unspecified atom stereocenters. The van der Waals surface area contributed by atoms with Crippen molar-refractivity contribution in [3.05, 3.63) is 176 Å². The third-order valence-corrected chi connectivity index (χ3v) is 11.6. The SMILES string of the molecule is c1ccc(-c2cc(-c3ccc(-n4c5cc6ccccc6cc5c5ccc6c7ccc8ccccc8c7sc6c54)cc3)nc(-c3ccccc3)n2)cc1. The van der Waals surface area contributed by atoms with E-state index in [-0.39, 0.29) is 0 Å². The van der Waals surface area contributed by atoms with E-state index in [2.05, 4.69) is 156 Å². The highest BCUT2D eigenvalue weighted by Crippen LogP contribution is 2.45. The van der Waals surface area contributed by atoms with Gasteiger partial charge in [0, 0.05) is 48.6 Å². The molecule has 8 aromatic carbocycles. The molecule has 0 saturated carbocycles. The van der Waals surface area contributed by atoms with E-state index in [1.807, 2.05) is 35.6 Å². The molecule has 0 amide bonds. The third-order valence-electron chi connectivity index (χ3n) is 10.4. The van der Waals surface area contributed by atoms with Crippen LogP contribution in [0.1, 0.15) is 0 Å². The number of hydrogen-bond donors (Lipinski definition) is 0. The van der Waals surface area contributed by atoms with Gasteiger partial charge < -0.3 is 4.57 Å². The molecule has 242 valence electrons. The quantitative estimate of drug-likeness (QED) is 0.185. The van der Waals surface area contributed by atoms with Gasteiger partial charge in [-0.15, -0.1) is 11.3 Å². The highest BCUT2D eigenvalue weighted by Gasteiger charge is 2.20. The number of aromatic nitrogens is 3. The van der Waals surface area contributed by atoms with Crippen LogP contribution < -0.4 is 0 Å². The van der Waals surface area contributed by atoms with Gasteiger partial charge in [-0.1, -0.05) is 146 Å². The first-order valence-corrected chi connectivity index (χ1v) is 18.4. The Balaban J connectivity index is 1.15. The third kappa shape index (κ3) is 4.51. The topological polar surface area (TPSA) is 30.7 Å². The number of thiophene rings is 1. The van der Waals surface area contributed by atoms with E-state index in [9.17, 15) is 0 Å². The molecule has 11 aromatic rings. The zero-order chi connectivity index (χ0) is 34.2. The van der Waals surface area contributed by atoms with Gasteiger partial charge in [-0.2, -0.15) is 0 Å². The second-order valence-corrected chi connectivity index (χ2v) is 14.4. The second kappa shape index (κ2) is 11.5. The van der Waals surface area contributed by atoms with Gasteiger partial charge in [-0.25, -0.2) is 9.97 Å². The van der Waals surface area contributed by atoms with Gasteiger partial charge >= 0.3 is 0 Å². The van der Waals surface area contributed by atoms with Crippen molar-refractivity contribution in [2.24, 2.45) is 0 Å². The molecular formula is C48H29N3S. The van der Waals surface area contributed by atoms with Crippen LogP contribution in [0.15, 0.2) is 176 Å². The molecule has 0 radical (unpaired) electrons. The standard InChI is InChI=1S/C48H29N3S/c1-3-12-31(13-4-1)42-29-43(50-48(49-42)33-14-5-2-6-15-33)32-19-22-36(23-20-32)51-44-28-35-17-8-7-16-34(35)27-41(44)38-25-26-40-39-24-21-30-11-9-10-18-37(30)46(39)52-47(40)45(38)51/h1-29H. The van der Waals surface area contributed by atoms with Crippen molar-refractivity contribution >= 4 is 74.9 Å². The summed E-state index contributed by atoms with van der Waals surface area (Å²) in [6, 6.07) is 63.0. The fourth-order valence-corrected chi connectivity index (χ4v) is 9.23. The minimum Gasteiger partial charge on any atom is -0.308 e. The maximum absolute atomic E-state index is 5.10. The molecule has 3 nitrogen and oxygen atoms in total. The summed E-state index contributed by atoms with van der Waals surface area (Å²) in [6.45, 7) is 0. The van der Waals surface area contributed by atoms with Crippen molar-refractivity contribution in [1.29, 1.82) is 0 Å². The summed E-state index contributed by atoms with van der Waals surface area (Å²) >= 11 is 1.91. The lowest BCUT2D eigenvalue weighted by Gasteiger charge is -2.12. The van der Waals surface area contributed by atoms with Crippen LogP contribution in [0.2, 0.25) is 0 Å². The Morgan fingerprint density at radius 2 is 0.962 bits per heavy atom. The molecule has 52 heavy (non-hydrogen) atoms. The number of nitrogens with zero attached hydrogens (tertiary/aromatic N) is 3. The lowest BCUT2D eigenvalue weighted by Crippen LogP contribution is -1.97. The lowest BCUT2D eigenvalue weighted by atomic mass is 10.0. The van der Waals surface area contributed by atoms with E-state index < -0.39 is 0 Å². The number of hydrogen-bond acceptors (Lipinski definition) is 3. The monoisotopic (exact) mass is 679 g/mol. The smallest absolute Gasteiger partial charge is 0.160 e. The summed E-state index contributed by atoms with van der Waals surface area (Å²) in [5, 5.41) is 10.2. The molecule has 0 atom stereocenters. The maximum Gasteiger partial charge on any atom is 0.160 e. The molecule has 4 heteroatoms. The van der Waals surface area contributed by atoms with Gasteiger partial charge in [0.15, 0.2) is 5.82 Å². The van der Waals surface area contributed by atoms with Crippen LogP contribution >= 0.6 is 11.3 Å². The first-order chi connectivity index (χ1) is 25.8. The van der Waals surface area contributed by atoms with Crippen molar-refractivity contribution in [2.75, 3.05) is 0 Å². The Hall–Kier alpha value is -6.62. The summed E-state index contributed by atoms with van der Waals surface area (Å²) in [5.41, 5.74) is 8.48. The Morgan fingerprint density at radius 3 is 1.71 bits per heavy atom. The van der Waals surface area contributed by atoms with E-state index in [0.29, 0.717) is 0 Å². The molecule has 11 rings (SSSR count). The molecule has 0 spiro atoms. The van der Waals surface area contributed by atoms with Gasteiger partial charge in [-0.05, 0) is 51.9 Å². The molecule has 0 aliphatic heterocycles. The van der Waals surface area contributed by atoms with Crippen molar-refractivity contribution in [3.63, 3.8) is 0 Å². The largest absolute Gasteiger partial charge is 0.308 e. The zero-order valence-electron chi connectivity index (χ0n) is 28.0. The van der Waals surface area contributed by atoms with Crippen LogP contribution in [0.25, 0.3) is 103 Å². The fraction of sp³-hybridized carbons (Fsp3) is 0. The van der Waals surface area contributed by atoms with Gasteiger partial charge in [0.25, 0.3) is 0 Å².